The highest BCUT2D eigenvalue weighted by molar-refractivity contribution is 8.15. The Bertz CT molecular complexity index is 422. The molecule has 0 aromatic heterocycles. The van der Waals surface area contributed by atoms with Gasteiger partial charge in [-0.15, -0.1) is 12.4 Å². The third kappa shape index (κ3) is 2.90. The summed E-state index contributed by atoms with van der Waals surface area (Å²) in [7, 11) is 1.63. The highest BCUT2D eigenvalue weighted by atomic mass is 35.5. The molecule has 16 heavy (non-hydrogen) atoms. The molecule has 1 aromatic rings. The number of halogens is 1. The molecular weight excluding hydrogens is 246 g/mol. The van der Waals surface area contributed by atoms with E-state index >= 15 is 0 Å². The molecule has 0 bridgehead atoms. The van der Waals surface area contributed by atoms with E-state index in [1.165, 1.54) is 11.8 Å². The van der Waals surface area contributed by atoms with Crippen molar-refractivity contribution in [3.05, 3.63) is 24.3 Å². The average Bonchev–Trinajstić information content (AvgIpc) is 2.65. The summed E-state index contributed by atoms with van der Waals surface area (Å²) in [5.74, 6) is 1.81. The minimum absolute atomic E-state index is 0. The summed E-state index contributed by atoms with van der Waals surface area (Å²) in [5, 5.41) is 11.3. The van der Waals surface area contributed by atoms with E-state index in [2.05, 4.69) is 10.3 Å². The third-order valence-electron chi connectivity index (χ3n) is 1.93. The van der Waals surface area contributed by atoms with Crippen LogP contribution in [0.2, 0.25) is 0 Å². The number of benzene rings is 1. The van der Waals surface area contributed by atoms with E-state index in [4.69, 9.17) is 10.1 Å². The summed E-state index contributed by atoms with van der Waals surface area (Å²) < 4.78 is 5.20. The molecule has 0 amide bonds. The Hall–Kier alpha value is -1.20. The van der Waals surface area contributed by atoms with Gasteiger partial charge in [0, 0.05) is 0 Å². The molecule has 0 unspecified atom stereocenters. The third-order valence-corrected chi connectivity index (χ3v) is 2.82. The minimum atomic E-state index is 0. The predicted octanol–water partition coefficient (Wildman–Crippen LogP) is 2.61. The second-order valence-electron chi connectivity index (χ2n) is 2.98. The van der Waals surface area contributed by atoms with Crippen molar-refractivity contribution in [2.75, 3.05) is 18.2 Å². The number of nitrogens with zero attached hydrogens (tertiary/aromatic N) is 1. The Kier molecular flexibility index (Phi) is 4.64. The van der Waals surface area contributed by atoms with Gasteiger partial charge in [0.05, 0.1) is 18.6 Å². The number of ether oxygens (including phenoxy) is 1. The molecule has 0 saturated carbocycles. The fraction of sp³-hybridized carbons (Fsp3) is 0.200. The number of nitrogens with one attached hydrogen (secondary N) is 2. The lowest BCUT2D eigenvalue weighted by Gasteiger charge is -2.09. The molecule has 1 aliphatic rings. The Morgan fingerprint density at radius 2 is 2.19 bits per heavy atom. The Morgan fingerprint density at radius 1 is 1.44 bits per heavy atom. The van der Waals surface area contributed by atoms with Gasteiger partial charge in [-0.1, -0.05) is 23.9 Å². The molecule has 0 saturated heterocycles. The summed E-state index contributed by atoms with van der Waals surface area (Å²) >= 11 is 1.52. The van der Waals surface area contributed by atoms with Crippen LogP contribution in [0.5, 0.6) is 5.75 Å². The average molecular weight is 258 g/mol. The van der Waals surface area contributed by atoms with Crippen LogP contribution in [0.25, 0.3) is 0 Å². The first kappa shape index (κ1) is 12.9. The van der Waals surface area contributed by atoms with Crippen molar-refractivity contribution < 1.29 is 4.74 Å². The molecule has 6 heteroatoms. The van der Waals surface area contributed by atoms with E-state index in [0.717, 1.165) is 16.6 Å². The summed E-state index contributed by atoms with van der Waals surface area (Å²) in [6.07, 6.45) is 0. The molecule has 1 heterocycles. The summed E-state index contributed by atoms with van der Waals surface area (Å²) in [6.45, 7) is 0. The zero-order valence-corrected chi connectivity index (χ0v) is 10.3. The number of thioether (sulfide) groups is 1. The van der Waals surface area contributed by atoms with Gasteiger partial charge in [-0.25, -0.2) is 4.99 Å². The van der Waals surface area contributed by atoms with Gasteiger partial charge in [0.2, 0.25) is 0 Å². The van der Waals surface area contributed by atoms with Gasteiger partial charge < -0.3 is 10.1 Å². The fourth-order valence-electron chi connectivity index (χ4n) is 1.25. The molecule has 0 atom stereocenters. The Labute approximate surface area is 104 Å². The van der Waals surface area contributed by atoms with Crippen LogP contribution in [0.1, 0.15) is 0 Å². The molecule has 0 aliphatic carbocycles. The van der Waals surface area contributed by atoms with Crippen LogP contribution < -0.4 is 10.1 Å². The monoisotopic (exact) mass is 257 g/mol. The van der Waals surface area contributed by atoms with Gasteiger partial charge in [0.1, 0.15) is 11.6 Å². The van der Waals surface area contributed by atoms with E-state index in [1.807, 2.05) is 24.3 Å². The standard InChI is InChI=1S/C10H11N3OS.ClH/c1-14-8-5-3-2-4-7(8)12-10-13-9(11)6-15-10;/h2-5H,6H2,1H3,(H2,11,12,13);1H. The first-order chi connectivity index (χ1) is 7.29. The van der Waals surface area contributed by atoms with Crippen LogP contribution in [0.4, 0.5) is 5.69 Å². The van der Waals surface area contributed by atoms with Crippen molar-refractivity contribution in [1.82, 2.24) is 0 Å². The molecule has 0 spiro atoms. The van der Waals surface area contributed by atoms with Crippen molar-refractivity contribution >= 4 is 40.9 Å². The summed E-state index contributed by atoms with van der Waals surface area (Å²) in [4.78, 5) is 4.06. The second-order valence-corrected chi connectivity index (χ2v) is 3.94. The molecule has 86 valence electrons. The smallest absolute Gasteiger partial charge is 0.168 e. The normalized spacial score (nSPS) is 14.1. The quantitative estimate of drug-likeness (QED) is 0.856. The molecule has 1 aliphatic heterocycles. The van der Waals surface area contributed by atoms with E-state index in [9.17, 15) is 0 Å². The zero-order chi connectivity index (χ0) is 10.7. The molecular formula is C10H12ClN3OS. The van der Waals surface area contributed by atoms with Gasteiger partial charge >= 0.3 is 0 Å². The predicted molar refractivity (Wildman–Crippen MR) is 71.5 cm³/mol. The first-order valence-corrected chi connectivity index (χ1v) is 5.47. The van der Waals surface area contributed by atoms with Gasteiger partial charge in [-0.2, -0.15) is 0 Å². The molecule has 0 radical (unpaired) electrons. The van der Waals surface area contributed by atoms with Crippen molar-refractivity contribution in [1.29, 1.82) is 5.41 Å². The van der Waals surface area contributed by atoms with Crippen LogP contribution >= 0.6 is 24.2 Å². The largest absolute Gasteiger partial charge is 0.495 e. The van der Waals surface area contributed by atoms with E-state index < -0.39 is 0 Å². The SMILES string of the molecule is COc1ccccc1NC1=NC(=N)CS1.Cl. The Morgan fingerprint density at radius 3 is 2.81 bits per heavy atom. The number of hydrogen-bond acceptors (Lipinski definition) is 4. The first-order valence-electron chi connectivity index (χ1n) is 4.48. The van der Waals surface area contributed by atoms with Gasteiger partial charge in [-0.05, 0) is 12.1 Å². The number of anilines is 1. The maximum atomic E-state index is 7.36. The maximum Gasteiger partial charge on any atom is 0.168 e. The number of methoxy groups -OCH3 is 1. The van der Waals surface area contributed by atoms with Crippen molar-refractivity contribution in [2.45, 2.75) is 0 Å². The lowest BCUT2D eigenvalue weighted by atomic mass is 10.3. The van der Waals surface area contributed by atoms with Gasteiger partial charge in [0.25, 0.3) is 0 Å². The van der Waals surface area contributed by atoms with Gasteiger partial charge in [0.15, 0.2) is 5.17 Å². The van der Waals surface area contributed by atoms with Crippen molar-refractivity contribution in [2.24, 2.45) is 4.99 Å². The van der Waals surface area contributed by atoms with Crippen molar-refractivity contribution in [3.8, 4) is 5.75 Å². The number of para-hydroxylation sites is 2. The maximum absolute atomic E-state index is 7.36. The summed E-state index contributed by atoms with van der Waals surface area (Å²) in [5.41, 5.74) is 0.876. The van der Waals surface area contributed by atoms with Gasteiger partial charge in [-0.3, -0.25) is 5.41 Å². The number of rotatable bonds is 2. The fourth-order valence-corrected chi connectivity index (χ4v) is 1.95. The molecule has 0 fully saturated rings. The molecule has 4 nitrogen and oxygen atoms in total. The van der Waals surface area contributed by atoms with Crippen LogP contribution in [0.15, 0.2) is 29.3 Å². The summed E-state index contributed by atoms with van der Waals surface area (Å²) in [6, 6.07) is 7.64. The molecule has 2 rings (SSSR count). The minimum Gasteiger partial charge on any atom is -0.495 e. The van der Waals surface area contributed by atoms with E-state index in [1.54, 1.807) is 7.11 Å². The van der Waals surface area contributed by atoms with Crippen LogP contribution in [-0.2, 0) is 0 Å². The molecule has 2 N–H and O–H groups in total. The van der Waals surface area contributed by atoms with Crippen LogP contribution in [0.3, 0.4) is 0 Å². The second kappa shape index (κ2) is 5.77. The van der Waals surface area contributed by atoms with Crippen LogP contribution in [0, 0.1) is 5.41 Å². The topological polar surface area (TPSA) is 57.5 Å². The highest BCUT2D eigenvalue weighted by Crippen LogP contribution is 2.25. The molecule has 1 aromatic carbocycles. The van der Waals surface area contributed by atoms with E-state index in [-0.39, 0.29) is 12.4 Å². The van der Waals surface area contributed by atoms with E-state index in [0.29, 0.717) is 11.6 Å². The lowest BCUT2D eigenvalue weighted by molar-refractivity contribution is 0.417. The highest BCUT2D eigenvalue weighted by Gasteiger charge is 2.13. The number of aliphatic imine (C=N–C) groups is 1. The van der Waals surface area contributed by atoms with Crippen molar-refractivity contribution in [3.63, 3.8) is 0 Å². The van der Waals surface area contributed by atoms with Crippen LogP contribution in [-0.4, -0.2) is 23.9 Å². The Balaban J connectivity index is 0.00000128. The number of hydrogen-bond donors (Lipinski definition) is 2. The zero-order valence-electron chi connectivity index (χ0n) is 8.69. The lowest BCUT2D eigenvalue weighted by Crippen LogP contribution is -2.06. The number of amidine groups is 2.